The van der Waals surface area contributed by atoms with E-state index >= 15 is 0 Å². The van der Waals surface area contributed by atoms with Crippen molar-refractivity contribution in [2.75, 3.05) is 25.0 Å². The van der Waals surface area contributed by atoms with Crippen LogP contribution < -0.4 is 5.32 Å². The molecule has 0 radical (unpaired) electrons. The molecule has 2 rings (SSSR count). The molecule has 0 aromatic heterocycles. The molecule has 1 aromatic rings. The number of nitrogens with one attached hydrogen (secondary N) is 1. The second kappa shape index (κ2) is 15.1. The second-order valence-corrected chi connectivity index (χ2v) is 8.66. The van der Waals surface area contributed by atoms with Crippen LogP contribution in [0.4, 0.5) is 5.69 Å². The summed E-state index contributed by atoms with van der Waals surface area (Å²) in [7, 11) is 0. The molecule has 1 fully saturated rings. The minimum Gasteiger partial charge on any atom is -0.341 e. The topological polar surface area (TPSA) is 15.3 Å². The zero-order valence-electron chi connectivity index (χ0n) is 18.3. The molecule has 1 aromatic carbocycles. The Morgan fingerprint density at radius 3 is 2.04 bits per heavy atom. The van der Waals surface area contributed by atoms with Gasteiger partial charge in [-0.1, -0.05) is 70.6 Å². The zero-order chi connectivity index (χ0) is 20.8. The quantitative estimate of drug-likeness (QED) is 0.261. The highest BCUT2D eigenvalue weighted by molar-refractivity contribution is 8.11. The molecular formula is C24H40N2S2. The molecule has 0 saturated heterocycles. The number of nitrogens with zero attached hydrogens (tertiary/aromatic N) is 1. The third-order valence-corrected chi connectivity index (χ3v) is 5.82. The molecule has 1 saturated carbocycles. The summed E-state index contributed by atoms with van der Waals surface area (Å²) in [6.45, 7) is 12.4. The van der Waals surface area contributed by atoms with Crippen molar-refractivity contribution in [2.45, 2.75) is 72.1 Å². The van der Waals surface area contributed by atoms with Crippen LogP contribution in [0.2, 0.25) is 0 Å². The van der Waals surface area contributed by atoms with E-state index in [4.69, 9.17) is 12.2 Å². The Balaban J connectivity index is 0.000000480. The van der Waals surface area contributed by atoms with Gasteiger partial charge in [0.25, 0.3) is 0 Å². The van der Waals surface area contributed by atoms with Gasteiger partial charge in [-0.2, -0.15) is 0 Å². The van der Waals surface area contributed by atoms with Gasteiger partial charge in [-0.05, 0) is 81.3 Å². The highest BCUT2D eigenvalue weighted by Gasteiger charge is 2.20. The predicted octanol–water partition coefficient (Wildman–Crippen LogP) is 7.29. The minimum absolute atomic E-state index is 0.516. The van der Waals surface area contributed by atoms with E-state index in [9.17, 15) is 0 Å². The summed E-state index contributed by atoms with van der Waals surface area (Å²) in [6, 6.07) is 8.66. The smallest absolute Gasteiger partial charge is 0.135 e. The molecule has 1 N–H and O–H groups in total. The lowest BCUT2D eigenvalue weighted by Gasteiger charge is -2.27. The number of hydrogen-bond donors (Lipinski definition) is 2. The van der Waals surface area contributed by atoms with E-state index in [-0.39, 0.29) is 0 Å². The summed E-state index contributed by atoms with van der Waals surface area (Å²) < 4.78 is 0.516. The average Bonchev–Trinajstić information content (AvgIpc) is 2.71. The van der Waals surface area contributed by atoms with Crippen LogP contribution in [0.3, 0.4) is 0 Å². The summed E-state index contributed by atoms with van der Waals surface area (Å²) in [6.07, 6.45) is 12.5. The molecule has 28 heavy (non-hydrogen) atoms. The van der Waals surface area contributed by atoms with Gasteiger partial charge in [-0.3, -0.25) is 0 Å². The van der Waals surface area contributed by atoms with Crippen LogP contribution in [-0.4, -0.2) is 28.9 Å². The van der Waals surface area contributed by atoms with Crippen molar-refractivity contribution in [3.05, 3.63) is 42.0 Å². The second-order valence-electron chi connectivity index (χ2n) is 7.50. The van der Waals surface area contributed by atoms with Crippen molar-refractivity contribution in [2.24, 2.45) is 5.92 Å². The third-order valence-electron chi connectivity index (χ3n) is 5.61. The van der Waals surface area contributed by atoms with Gasteiger partial charge in [0, 0.05) is 5.69 Å². The summed E-state index contributed by atoms with van der Waals surface area (Å²) >= 11 is 9.03. The maximum absolute atomic E-state index is 4.94. The Morgan fingerprint density at radius 2 is 1.61 bits per heavy atom. The predicted molar refractivity (Wildman–Crippen MR) is 134 cm³/mol. The van der Waals surface area contributed by atoms with Gasteiger partial charge in [-0.25, -0.2) is 0 Å². The fourth-order valence-corrected chi connectivity index (χ4v) is 3.98. The largest absolute Gasteiger partial charge is 0.341 e. The van der Waals surface area contributed by atoms with Crippen LogP contribution in [0.25, 0.3) is 0 Å². The van der Waals surface area contributed by atoms with Crippen LogP contribution in [0.15, 0.2) is 36.4 Å². The van der Waals surface area contributed by atoms with Crippen LogP contribution in [0.5, 0.6) is 0 Å². The first-order valence-electron chi connectivity index (χ1n) is 11.0. The maximum Gasteiger partial charge on any atom is 0.135 e. The van der Waals surface area contributed by atoms with Crippen LogP contribution >= 0.6 is 24.8 Å². The van der Waals surface area contributed by atoms with Gasteiger partial charge in [0.15, 0.2) is 0 Å². The first kappa shape index (κ1) is 25.2. The van der Waals surface area contributed by atoms with Gasteiger partial charge < -0.3 is 10.2 Å². The summed E-state index contributed by atoms with van der Waals surface area (Å²) in [5, 5.41) is 3.06. The molecule has 0 unspecified atom stereocenters. The van der Waals surface area contributed by atoms with Gasteiger partial charge in [0.2, 0.25) is 0 Å². The van der Waals surface area contributed by atoms with E-state index < -0.39 is 0 Å². The highest BCUT2D eigenvalue weighted by atomic mass is 32.1. The number of rotatable bonds is 8. The Hall–Kier alpha value is -0.840. The molecule has 4 heteroatoms. The van der Waals surface area contributed by atoms with Crippen molar-refractivity contribution in [1.82, 2.24) is 4.90 Å². The fraction of sp³-hybridized carbons (Fsp3) is 0.625. The molecular weight excluding hydrogens is 380 g/mol. The van der Waals surface area contributed by atoms with Crippen LogP contribution in [-0.2, 0) is 0 Å². The Kier molecular flexibility index (Phi) is 13.6. The van der Waals surface area contributed by atoms with Crippen LogP contribution in [0.1, 0.15) is 77.7 Å². The zero-order valence-corrected chi connectivity index (χ0v) is 20.0. The molecule has 1 aliphatic rings. The first-order chi connectivity index (χ1) is 13.5. The van der Waals surface area contributed by atoms with E-state index in [2.05, 4.69) is 87.0 Å². The number of anilines is 1. The van der Waals surface area contributed by atoms with E-state index in [0.717, 1.165) is 17.5 Å². The standard InChI is InChI=1S/C18H25NS2.C6H15N/c1-2-3-4-5-14-6-8-15(9-7-14)16-10-12-17(13-11-16)19-18(20)21;1-4-7(5-2)6-3/h4-5,10-15H,2-3,6-9H2,1H3,(H2,19,20,21);4-6H2,1-3H3/b5-4+;/t14-,15-;. The fourth-order valence-electron chi connectivity index (χ4n) is 3.73. The molecule has 1 aliphatic carbocycles. The normalized spacial score (nSPS) is 19.4. The van der Waals surface area contributed by atoms with Gasteiger partial charge in [0.05, 0.1) is 0 Å². The first-order valence-corrected chi connectivity index (χ1v) is 11.9. The lowest BCUT2D eigenvalue weighted by molar-refractivity contribution is 0.321. The van der Waals surface area contributed by atoms with E-state index in [1.807, 2.05) is 0 Å². The third kappa shape index (κ3) is 10.1. The SMILES string of the molecule is CCC/C=C/[C@H]1CC[C@H](c2ccc(NC(=S)S)cc2)CC1.CCN(CC)CC. The Morgan fingerprint density at radius 1 is 1.04 bits per heavy atom. The van der Waals surface area contributed by atoms with E-state index in [1.165, 1.54) is 63.7 Å². The Bertz CT molecular complexity index is 551. The Labute approximate surface area is 184 Å². The van der Waals surface area contributed by atoms with Crippen molar-refractivity contribution in [1.29, 1.82) is 0 Å². The van der Waals surface area contributed by atoms with E-state index in [0.29, 0.717) is 4.32 Å². The molecule has 0 heterocycles. The molecule has 158 valence electrons. The molecule has 2 nitrogen and oxygen atoms in total. The number of thiocarbonyl (C=S) groups is 1. The number of unbranched alkanes of at least 4 members (excludes halogenated alkanes) is 1. The van der Waals surface area contributed by atoms with Crippen molar-refractivity contribution < 1.29 is 0 Å². The number of benzene rings is 1. The average molecular weight is 421 g/mol. The lowest BCUT2D eigenvalue weighted by Crippen LogP contribution is -2.21. The molecule has 0 atom stereocenters. The number of hydrogen-bond acceptors (Lipinski definition) is 2. The number of allylic oxidation sites excluding steroid dienone is 2. The number of thiol groups is 1. The van der Waals surface area contributed by atoms with Crippen molar-refractivity contribution in [3.8, 4) is 0 Å². The summed E-state index contributed by atoms with van der Waals surface area (Å²) in [5.41, 5.74) is 2.48. The van der Waals surface area contributed by atoms with Crippen LogP contribution in [0, 0.1) is 5.92 Å². The molecule has 0 spiro atoms. The summed E-state index contributed by atoms with van der Waals surface area (Å²) in [4.78, 5) is 2.38. The molecule has 0 aliphatic heterocycles. The van der Waals surface area contributed by atoms with Crippen molar-refractivity contribution >= 4 is 34.9 Å². The maximum atomic E-state index is 4.94. The van der Waals surface area contributed by atoms with Crippen molar-refractivity contribution in [3.63, 3.8) is 0 Å². The molecule has 0 amide bonds. The van der Waals surface area contributed by atoms with Gasteiger partial charge >= 0.3 is 0 Å². The molecule has 0 bridgehead atoms. The lowest BCUT2D eigenvalue weighted by atomic mass is 9.78. The minimum atomic E-state index is 0.516. The van der Waals surface area contributed by atoms with Gasteiger partial charge in [0.1, 0.15) is 4.32 Å². The monoisotopic (exact) mass is 420 g/mol. The summed E-state index contributed by atoms with van der Waals surface area (Å²) in [5.74, 6) is 1.52. The van der Waals surface area contributed by atoms with E-state index in [1.54, 1.807) is 0 Å². The highest BCUT2D eigenvalue weighted by Crippen LogP contribution is 2.36. The van der Waals surface area contributed by atoms with Gasteiger partial charge in [-0.15, -0.1) is 12.6 Å².